The van der Waals surface area contributed by atoms with Crippen molar-refractivity contribution in [3.05, 3.63) is 60.1 Å². The summed E-state index contributed by atoms with van der Waals surface area (Å²) in [5, 5.41) is 0. The molecule has 2 aromatic rings. The molecule has 1 fully saturated rings. The Hall–Kier alpha value is -3.02. The number of rotatable bonds is 6. The maximum atomic E-state index is 12.4. The van der Waals surface area contributed by atoms with Crippen molar-refractivity contribution in [3.8, 4) is 5.75 Å². The van der Waals surface area contributed by atoms with E-state index in [-0.39, 0.29) is 11.8 Å². The van der Waals surface area contributed by atoms with Crippen LogP contribution in [0.15, 0.2) is 53.2 Å². The Morgan fingerprint density at radius 2 is 1.78 bits per heavy atom. The minimum atomic E-state index is -0.131. The fourth-order valence-electron chi connectivity index (χ4n) is 2.85. The Labute approximate surface area is 159 Å². The average Bonchev–Trinajstić information content (AvgIpc) is 3.25. The number of benzene rings is 1. The molecule has 27 heavy (non-hydrogen) atoms. The summed E-state index contributed by atoms with van der Waals surface area (Å²) in [7, 11) is 0. The number of ether oxygens (including phenoxy) is 1. The summed E-state index contributed by atoms with van der Waals surface area (Å²) in [6, 6.07) is 11.0. The van der Waals surface area contributed by atoms with E-state index in [1.54, 1.807) is 34.1 Å². The largest absolute Gasteiger partial charge is 0.494 e. The first kappa shape index (κ1) is 18.8. The van der Waals surface area contributed by atoms with Crippen molar-refractivity contribution in [2.75, 3.05) is 32.8 Å². The molecule has 1 aromatic carbocycles. The number of amides is 2. The molecule has 1 saturated heterocycles. The van der Waals surface area contributed by atoms with Gasteiger partial charge in [0.2, 0.25) is 5.91 Å². The molecule has 0 aliphatic carbocycles. The first-order valence-corrected chi connectivity index (χ1v) is 9.20. The molecular weight excluding hydrogens is 344 g/mol. The summed E-state index contributed by atoms with van der Waals surface area (Å²) in [6.07, 6.45) is 5.83. The van der Waals surface area contributed by atoms with Crippen molar-refractivity contribution in [1.29, 1.82) is 0 Å². The number of furan rings is 1. The lowest BCUT2D eigenvalue weighted by molar-refractivity contribution is -0.127. The predicted octanol–water partition coefficient (Wildman–Crippen LogP) is 3.07. The third-order valence-electron chi connectivity index (χ3n) is 4.38. The van der Waals surface area contributed by atoms with Gasteiger partial charge in [-0.2, -0.15) is 0 Å². The Morgan fingerprint density at radius 1 is 1.07 bits per heavy atom. The van der Waals surface area contributed by atoms with E-state index in [1.165, 1.54) is 6.26 Å². The SMILES string of the molecule is CCCOc1ccc(/C=C/C(=O)N2CCN(C(=O)c3ccco3)CC2)cc1. The lowest BCUT2D eigenvalue weighted by Crippen LogP contribution is -2.50. The zero-order valence-corrected chi connectivity index (χ0v) is 15.5. The fourth-order valence-corrected chi connectivity index (χ4v) is 2.85. The van der Waals surface area contributed by atoms with Gasteiger partial charge < -0.3 is 19.0 Å². The summed E-state index contributed by atoms with van der Waals surface area (Å²) < 4.78 is 10.7. The molecule has 0 atom stereocenters. The third kappa shape index (κ3) is 5.00. The molecule has 0 unspecified atom stereocenters. The van der Waals surface area contributed by atoms with E-state index in [2.05, 4.69) is 6.92 Å². The summed E-state index contributed by atoms with van der Waals surface area (Å²) in [6.45, 7) is 4.79. The van der Waals surface area contributed by atoms with Gasteiger partial charge in [0.25, 0.3) is 5.91 Å². The van der Waals surface area contributed by atoms with Gasteiger partial charge >= 0.3 is 0 Å². The van der Waals surface area contributed by atoms with Crippen LogP contribution in [0.1, 0.15) is 29.5 Å². The Balaban J connectivity index is 1.49. The van der Waals surface area contributed by atoms with Crippen molar-refractivity contribution >= 4 is 17.9 Å². The number of hydrogen-bond acceptors (Lipinski definition) is 4. The van der Waals surface area contributed by atoms with E-state index < -0.39 is 0 Å². The monoisotopic (exact) mass is 368 g/mol. The molecule has 0 radical (unpaired) electrons. The van der Waals surface area contributed by atoms with E-state index in [0.717, 1.165) is 17.7 Å². The van der Waals surface area contributed by atoms with Crippen LogP contribution in [0.25, 0.3) is 6.08 Å². The second-order valence-electron chi connectivity index (χ2n) is 6.35. The second-order valence-corrected chi connectivity index (χ2v) is 6.35. The van der Waals surface area contributed by atoms with Gasteiger partial charge in [-0.3, -0.25) is 9.59 Å². The van der Waals surface area contributed by atoms with Crippen molar-refractivity contribution in [3.63, 3.8) is 0 Å². The minimum absolute atomic E-state index is 0.0496. The van der Waals surface area contributed by atoms with E-state index in [0.29, 0.717) is 38.5 Å². The van der Waals surface area contributed by atoms with Gasteiger partial charge in [0, 0.05) is 32.3 Å². The molecule has 0 spiro atoms. The molecule has 2 amide bonds. The van der Waals surface area contributed by atoms with Gasteiger partial charge in [-0.1, -0.05) is 19.1 Å². The van der Waals surface area contributed by atoms with E-state index in [4.69, 9.17) is 9.15 Å². The molecule has 2 heterocycles. The van der Waals surface area contributed by atoms with Crippen LogP contribution in [0.3, 0.4) is 0 Å². The normalized spacial score (nSPS) is 14.6. The molecule has 6 nitrogen and oxygen atoms in total. The summed E-state index contributed by atoms with van der Waals surface area (Å²) in [4.78, 5) is 28.1. The lowest BCUT2D eigenvalue weighted by Gasteiger charge is -2.33. The summed E-state index contributed by atoms with van der Waals surface area (Å²) in [5.41, 5.74) is 0.943. The van der Waals surface area contributed by atoms with Gasteiger partial charge in [0.15, 0.2) is 5.76 Å². The maximum absolute atomic E-state index is 12.4. The van der Waals surface area contributed by atoms with Crippen LogP contribution in [0, 0.1) is 0 Å². The summed E-state index contributed by atoms with van der Waals surface area (Å²) >= 11 is 0. The van der Waals surface area contributed by atoms with E-state index in [9.17, 15) is 9.59 Å². The van der Waals surface area contributed by atoms with Crippen LogP contribution < -0.4 is 4.74 Å². The van der Waals surface area contributed by atoms with Gasteiger partial charge in [0.1, 0.15) is 5.75 Å². The molecule has 142 valence electrons. The molecule has 1 aliphatic heterocycles. The minimum Gasteiger partial charge on any atom is -0.494 e. The quantitative estimate of drug-likeness (QED) is 0.735. The summed E-state index contributed by atoms with van der Waals surface area (Å²) in [5.74, 6) is 0.984. The molecular formula is C21H24N2O4. The number of nitrogens with zero attached hydrogens (tertiary/aromatic N) is 2. The van der Waals surface area contributed by atoms with Gasteiger partial charge in [-0.25, -0.2) is 0 Å². The third-order valence-corrected chi connectivity index (χ3v) is 4.38. The first-order valence-electron chi connectivity index (χ1n) is 9.20. The molecule has 3 rings (SSSR count). The topological polar surface area (TPSA) is 63.0 Å². The second kappa shape index (κ2) is 9.07. The highest BCUT2D eigenvalue weighted by molar-refractivity contribution is 5.93. The van der Waals surface area contributed by atoms with Crippen LogP contribution >= 0.6 is 0 Å². The van der Waals surface area contributed by atoms with Crippen LogP contribution in [0.4, 0.5) is 0 Å². The van der Waals surface area contributed by atoms with Crippen LogP contribution in [-0.2, 0) is 4.79 Å². The molecule has 0 bridgehead atoms. The zero-order chi connectivity index (χ0) is 19.1. The predicted molar refractivity (Wildman–Crippen MR) is 102 cm³/mol. The highest BCUT2D eigenvalue weighted by atomic mass is 16.5. The highest BCUT2D eigenvalue weighted by Gasteiger charge is 2.25. The number of carbonyl (C=O) groups excluding carboxylic acids is 2. The fraction of sp³-hybridized carbons (Fsp3) is 0.333. The molecule has 0 N–H and O–H groups in total. The number of hydrogen-bond donors (Lipinski definition) is 0. The van der Waals surface area contributed by atoms with Gasteiger partial charge in [0.05, 0.1) is 12.9 Å². The molecule has 6 heteroatoms. The van der Waals surface area contributed by atoms with Crippen molar-refractivity contribution in [2.24, 2.45) is 0 Å². The van der Waals surface area contributed by atoms with Crippen molar-refractivity contribution in [2.45, 2.75) is 13.3 Å². The molecule has 1 aromatic heterocycles. The van der Waals surface area contributed by atoms with Gasteiger partial charge in [-0.05, 0) is 42.3 Å². The zero-order valence-electron chi connectivity index (χ0n) is 15.5. The standard InChI is InChI=1S/C21H24N2O4/c1-2-15-26-18-8-5-17(6-9-18)7-10-20(24)22-11-13-23(14-12-22)21(25)19-4-3-16-27-19/h3-10,16H,2,11-15H2,1H3/b10-7+. The van der Waals surface area contributed by atoms with E-state index in [1.807, 2.05) is 24.3 Å². The van der Waals surface area contributed by atoms with Crippen LogP contribution in [-0.4, -0.2) is 54.4 Å². The molecule has 1 aliphatic rings. The molecule has 0 saturated carbocycles. The maximum Gasteiger partial charge on any atom is 0.289 e. The first-order chi connectivity index (χ1) is 13.2. The Morgan fingerprint density at radius 3 is 2.41 bits per heavy atom. The lowest BCUT2D eigenvalue weighted by atomic mass is 10.2. The van der Waals surface area contributed by atoms with Crippen LogP contribution in [0.5, 0.6) is 5.75 Å². The Bertz CT molecular complexity index is 773. The highest BCUT2D eigenvalue weighted by Crippen LogP contribution is 2.14. The van der Waals surface area contributed by atoms with Gasteiger partial charge in [-0.15, -0.1) is 0 Å². The Kier molecular flexibility index (Phi) is 6.30. The smallest absolute Gasteiger partial charge is 0.289 e. The van der Waals surface area contributed by atoms with E-state index >= 15 is 0 Å². The van der Waals surface area contributed by atoms with Crippen molar-refractivity contribution < 1.29 is 18.7 Å². The average molecular weight is 368 g/mol. The number of carbonyl (C=O) groups is 2. The van der Waals surface area contributed by atoms with Crippen LogP contribution in [0.2, 0.25) is 0 Å². The van der Waals surface area contributed by atoms with Crippen molar-refractivity contribution in [1.82, 2.24) is 9.80 Å². The number of piperazine rings is 1.